The molecule has 1 fully saturated rings. The molecule has 0 bridgehead atoms. The zero-order chi connectivity index (χ0) is 10.5. The van der Waals surface area contributed by atoms with Gasteiger partial charge in [0, 0.05) is 18.3 Å². The highest BCUT2D eigenvalue weighted by atomic mass is 16.1. The van der Waals surface area contributed by atoms with Crippen molar-refractivity contribution < 1.29 is 4.79 Å². The van der Waals surface area contributed by atoms with E-state index in [1.165, 1.54) is 37.0 Å². The maximum atomic E-state index is 12.5. The van der Waals surface area contributed by atoms with Gasteiger partial charge in [-0.15, -0.1) is 0 Å². The predicted molar refractivity (Wildman–Crippen MR) is 59.5 cm³/mol. The first kappa shape index (κ1) is 9.44. The summed E-state index contributed by atoms with van der Waals surface area (Å²) in [5.41, 5.74) is 2.48. The molecule has 3 aliphatic rings. The molecule has 0 atom stereocenters. The van der Waals surface area contributed by atoms with Crippen molar-refractivity contribution in [2.75, 3.05) is 7.05 Å². The number of carbonyl (C=O) groups excluding carboxylic acids is 1. The normalized spacial score (nSPS) is 29.1. The van der Waals surface area contributed by atoms with Crippen LogP contribution < -0.4 is 0 Å². The van der Waals surface area contributed by atoms with Crippen LogP contribution in [0.15, 0.2) is 11.3 Å². The van der Waals surface area contributed by atoms with E-state index >= 15 is 0 Å². The molecule has 0 amide bonds. The lowest BCUT2D eigenvalue weighted by Crippen LogP contribution is -2.45. The summed E-state index contributed by atoms with van der Waals surface area (Å²) < 4.78 is 0. The smallest absolute Gasteiger partial charge is 0.186 e. The van der Waals surface area contributed by atoms with Crippen LogP contribution in [0.25, 0.3) is 0 Å². The topological polar surface area (TPSA) is 20.3 Å². The van der Waals surface area contributed by atoms with Crippen molar-refractivity contribution in [1.82, 2.24) is 4.90 Å². The molecule has 2 nitrogen and oxygen atoms in total. The van der Waals surface area contributed by atoms with Gasteiger partial charge in [0.25, 0.3) is 0 Å². The van der Waals surface area contributed by atoms with E-state index in [4.69, 9.17) is 0 Å². The van der Waals surface area contributed by atoms with Gasteiger partial charge in [0.15, 0.2) is 5.78 Å². The first-order chi connectivity index (χ1) is 7.26. The van der Waals surface area contributed by atoms with E-state index in [1.807, 2.05) is 0 Å². The molecular weight excluding hydrogens is 186 g/mol. The number of likely N-dealkylation sites (N-methyl/N-ethyl adjacent to an activating group) is 1. The summed E-state index contributed by atoms with van der Waals surface area (Å²) in [6.07, 6.45) is 9.32. The van der Waals surface area contributed by atoms with E-state index in [1.54, 1.807) is 0 Å². The molecule has 0 aromatic rings. The van der Waals surface area contributed by atoms with Crippen molar-refractivity contribution in [3.8, 4) is 0 Å². The highest BCUT2D eigenvalue weighted by Gasteiger charge is 2.51. The van der Waals surface area contributed by atoms with Gasteiger partial charge in [-0.3, -0.25) is 4.79 Å². The molecule has 0 saturated heterocycles. The number of ketones is 1. The lowest BCUT2D eigenvalue weighted by Gasteiger charge is -2.34. The van der Waals surface area contributed by atoms with Crippen LogP contribution in [-0.4, -0.2) is 23.3 Å². The van der Waals surface area contributed by atoms with Crippen molar-refractivity contribution in [2.24, 2.45) is 0 Å². The fraction of sp³-hybridized carbons (Fsp3) is 0.769. The van der Waals surface area contributed by atoms with E-state index in [0.29, 0.717) is 5.78 Å². The van der Waals surface area contributed by atoms with Gasteiger partial charge in [-0.05, 0) is 38.5 Å². The van der Waals surface area contributed by atoms with Crippen LogP contribution in [0, 0.1) is 0 Å². The SMILES string of the molecule is CN1C2=C(CCCC2)C(=O)C12CCCC2. The number of carbonyl (C=O) groups is 1. The summed E-state index contributed by atoms with van der Waals surface area (Å²) in [6, 6.07) is 0. The molecule has 0 aromatic carbocycles. The predicted octanol–water partition coefficient (Wildman–Crippen LogP) is 2.64. The van der Waals surface area contributed by atoms with E-state index in [9.17, 15) is 4.79 Å². The highest BCUT2D eigenvalue weighted by Crippen LogP contribution is 2.47. The van der Waals surface area contributed by atoms with Crippen LogP contribution in [0.3, 0.4) is 0 Å². The molecule has 3 rings (SSSR count). The van der Waals surface area contributed by atoms with Gasteiger partial charge >= 0.3 is 0 Å². The Kier molecular flexibility index (Phi) is 1.95. The Morgan fingerprint density at radius 1 is 1.07 bits per heavy atom. The molecule has 2 aliphatic carbocycles. The van der Waals surface area contributed by atoms with E-state index in [2.05, 4.69) is 11.9 Å². The molecule has 1 aliphatic heterocycles. The Morgan fingerprint density at radius 2 is 1.73 bits per heavy atom. The summed E-state index contributed by atoms with van der Waals surface area (Å²) in [5, 5.41) is 0. The molecule has 0 unspecified atom stereocenters. The standard InChI is InChI=1S/C13H19NO/c1-14-11-7-3-2-6-10(11)12(15)13(14)8-4-5-9-13/h2-9H2,1H3. The summed E-state index contributed by atoms with van der Waals surface area (Å²) in [5.74, 6) is 0.484. The van der Waals surface area contributed by atoms with Crippen molar-refractivity contribution in [3.05, 3.63) is 11.3 Å². The zero-order valence-electron chi connectivity index (χ0n) is 9.51. The molecule has 1 heterocycles. The monoisotopic (exact) mass is 205 g/mol. The van der Waals surface area contributed by atoms with Crippen LogP contribution in [-0.2, 0) is 4.79 Å². The molecule has 2 heteroatoms. The van der Waals surface area contributed by atoms with Crippen LogP contribution in [0.2, 0.25) is 0 Å². The molecule has 15 heavy (non-hydrogen) atoms. The summed E-state index contributed by atoms with van der Waals surface area (Å²) >= 11 is 0. The van der Waals surface area contributed by atoms with Crippen LogP contribution in [0.1, 0.15) is 51.4 Å². The Morgan fingerprint density at radius 3 is 2.40 bits per heavy atom. The second-order valence-electron chi connectivity index (χ2n) is 5.26. The second kappa shape index (κ2) is 3.10. The molecular formula is C13H19NO. The van der Waals surface area contributed by atoms with Crippen molar-refractivity contribution >= 4 is 5.78 Å². The molecule has 1 spiro atoms. The first-order valence-corrected chi connectivity index (χ1v) is 6.26. The Balaban J connectivity index is 2.01. The summed E-state index contributed by atoms with van der Waals surface area (Å²) in [6.45, 7) is 0. The zero-order valence-corrected chi connectivity index (χ0v) is 9.51. The molecule has 82 valence electrons. The van der Waals surface area contributed by atoms with Crippen molar-refractivity contribution in [3.63, 3.8) is 0 Å². The van der Waals surface area contributed by atoms with Crippen molar-refractivity contribution in [2.45, 2.75) is 56.9 Å². The van der Waals surface area contributed by atoms with Crippen LogP contribution in [0.4, 0.5) is 0 Å². The third kappa shape index (κ3) is 1.08. The van der Waals surface area contributed by atoms with E-state index in [0.717, 1.165) is 25.7 Å². The average Bonchev–Trinajstić information content (AvgIpc) is 2.83. The highest BCUT2D eigenvalue weighted by molar-refractivity contribution is 6.06. The molecule has 0 aromatic heterocycles. The third-order valence-corrected chi connectivity index (χ3v) is 4.61. The lowest BCUT2D eigenvalue weighted by molar-refractivity contribution is -0.123. The maximum Gasteiger partial charge on any atom is 0.186 e. The number of Topliss-reactive ketones (excluding diaryl/α,β-unsaturated/α-hetero) is 1. The molecule has 0 radical (unpaired) electrons. The maximum absolute atomic E-state index is 12.5. The number of allylic oxidation sites excluding steroid dienone is 1. The van der Waals surface area contributed by atoms with Gasteiger partial charge in [0.2, 0.25) is 0 Å². The van der Waals surface area contributed by atoms with Gasteiger partial charge in [-0.25, -0.2) is 0 Å². The minimum absolute atomic E-state index is 0.0883. The average molecular weight is 205 g/mol. The first-order valence-electron chi connectivity index (χ1n) is 6.26. The van der Waals surface area contributed by atoms with E-state index < -0.39 is 0 Å². The minimum Gasteiger partial charge on any atom is -0.364 e. The summed E-state index contributed by atoms with van der Waals surface area (Å²) in [4.78, 5) is 14.8. The number of rotatable bonds is 0. The second-order valence-corrected chi connectivity index (χ2v) is 5.26. The van der Waals surface area contributed by atoms with Gasteiger partial charge in [0.05, 0.1) is 0 Å². The number of nitrogens with zero attached hydrogens (tertiary/aromatic N) is 1. The lowest BCUT2D eigenvalue weighted by atomic mass is 9.87. The Bertz CT molecular complexity index is 336. The van der Waals surface area contributed by atoms with Gasteiger partial charge in [0.1, 0.15) is 5.54 Å². The molecule has 0 N–H and O–H groups in total. The van der Waals surface area contributed by atoms with Gasteiger partial charge in [-0.2, -0.15) is 0 Å². The Hall–Kier alpha value is -0.790. The van der Waals surface area contributed by atoms with Crippen molar-refractivity contribution in [1.29, 1.82) is 0 Å². The van der Waals surface area contributed by atoms with Crippen LogP contribution in [0.5, 0.6) is 0 Å². The third-order valence-electron chi connectivity index (χ3n) is 4.61. The van der Waals surface area contributed by atoms with E-state index in [-0.39, 0.29) is 5.54 Å². The fourth-order valence-electron chi connectivity index (χ4n) is 3.72. The Labute approximate surface area is 91.3 Å². The van der Waals surface area contributed by atoms with Gasteiger partial charge in [-0.1, -0.05) is 12.8 Å². The largest absolute Gasteiger partial charge is 0.364 e. The number of hydrogen-bond acceptors (Lipinski definition) is 2. The minimum atomic E-state index is -0.0883. The van der Waals surface area contributed by atoms with Gasteiger partial charge < -0.3 is 4.90 Å². The molecule has 1 saturated carbocycles. The fourth-order valence-corrected chi connectivity index (χ4v) is 3.72. The quantitative estimate of drug-likeness (QED) is 0.606. The van der Waals surface area contributed by atoms with Crippen LogP contribution >= 0.6 is 0 Å². The summed E-state index contributed by atoms with van der Waals surface area (Å²) in [7, 11) is 2.15. The number of hydrogen-bond donors (Lipinski definition) is 0.